The van der Waals surface area contributed by atoms with Gasteiger partial charge in [0, 0.05) is 10.1 Å². The third-order valence-electron chi connectivity index (χ3n) is 4.82. The number of hydrogen-bond acceptors (Lipinski definition) is 3. The lowest BCUT2D eigenvalue weighted by Crippen LogP contribution is -2.30. The Kier molecular flexibility index (Phi) is 6.23. The Hall–Kier alpha value is -2.50. The first kappa shape index (κ1) is 23.7. The number of hydrogen-bond donors (Lipinski definition) is 0. The maximum Gasteiger partial charge on any atom is 0.416 e. The summed E-state index contributed by atoms with van der Waals surface area (Å²) in [6.45, 7) is -0.369. The quantitative estimate of drug-likeness (QED) is 0.239. The van der Waals surface area contributed by atoms with E-state index in [1.54, 1.807) is 24.3 Å². The Labute approximate surface area is 198 Å². The molecule has 0 aliphatic carbocycles. The summed E-state index contributed by atoms with van der Waals surface area (Å²) in [5, 5.41) is 0.983. The molecule has 0 aliphatic rings. The highest BCUT2D eigenvalue weighted by Gasteiger charge is 2.33. The second-order valence-corrected chi connectivity index (χ2v) is 10.7. The average Bonchev–Trinajstić information content (AvgIpc) is 3.10. The number of alkyl halides is 3. The van der Waals surface area contributed by atoms with Gasteiger partial charge in [0.1, 0.15) is 5.00 Å². The fourth-order valence-corrected chi connectivity index (χ4v) is 7.00. The van der Waals surface area contributed by atoms with Gasteiger partial charge in [-0.1, -0.05) is 24.3 Å². The van der Waals surface area contributed by atoms with E-state index in [1.807, 2.05) is 0 Å². The molecule has 0 saturated heterocycles. The standard InChI is InChI=1S/C22H13BrF5NO2S2/c23-20-16-3-1-2-4-19(16)32-21(20)29(12-13-5-10-17(24)18(25)11-13)33(30,31)15-8-6-14(7-9-15)22(26,27)28/h1-11H,12H2. The molecule has 0 atom stereocenters. The summed E-state index contributed by atoms with van der Waals surface area (Å²) in [4.78, 5) is -0.373. The van der Waals surface area contributed by atoms with Gasteiger partial charge in [-0.3, -0.25) is 4.31 Å². The van der Waals surface area contributed by atoms with E-state index in [-0.39, 0.29) is 22.0 Å². The molecular weight excluding hydrogens is 549 g/mol. The molecule has 0 fully saturated rings. The number of fused-ring (bicyclic) bond motifs is 1. The first-order chi connectivity index (χ1) is 15.5. The highest BCUT2D eigenvalue weighted by molar-refractivity contribution is 9.10. The minimum Gasteiger partial charge on any atom is -0.251 e. The summed E-state index contributed by atoms with van der Waals surface area (Å²) >= 11 is 4.56. The van der Waals surface area contributed by atoms with Crippen molar-refractivity contribution in [1.82, 2.24) is 0 Å². The van der Waals surface area contributed by atoms with E-state index in [1.165, 1.54) is 6.07 Å². The smallest absolute Gasteiger partial charge is 0.251 e. The number of halogens is 6. The molecule has 0 saturated carbocycles. The molecular formula is C22H13BrF5NO2S2. The number of sulfonamides is 1. The molecule has 0 spiro atoms. The fraction of sp³-hybridized carbons (Fsp3) is 0.0909. The fourth-order valence-electron chi connectivity index (χ4n) is 3.17. The van der Waals surface area contributed by atoms with E-state index in [9.17, 15) is 30.4 Å². The van der Waals surface area contributed by atoms with Gasteiger partial charge in [-0.05, 0) is 64.0 Å². The Morgan fingerprint density at radius 1 is 0.909 bits per heavy atom. The molecule has 0 unspecified atom stereocenters. The molecule has 1 heterocycles. The summed E-state index contributed by atoms with van der Waals surface area (Å²) in [6, 6.07) is 13.2. The van der Waals surface area contributed by atoms with E-state index in [0.717, 1.165) is 50.0 Å². The van der Waals surface area contributed by atoms with E-state index in [4.69, 9.17) is 0 Å². The average molecular weight is 562 g/mol. The molecule has 172 valence electrons. The summed E-state index contributed by atoms with van der Waals surface area (Å²) in [7, 11) is -4.38. The van der Waals surface area contributed by atoms with Crippen LogP contribution in [0.25, 0.3) is 10.1 Å². The maximum absolute atomic E-state index is 13.8. The monoisotopic (exact) mass is 561 g/mol. The Bertz CT molecular complexity index is 1430. The first-order valence-corrected chi connectivity index (χ1v) is 12.3. The topological polar surface area (TPSA) is 37.4 Å². The lowest BCUT2D eigenvalue weighted by molar-refractivity contribution is -0.137. The molecule has 0 N–H and O–H groups in total. The summed E-state index contributed by atoms with van der Waals surface area (Å²) in [6.07, 6.45) is -4.62. The number of thiophene rings is 1. The largest absolute Gasteiger partial charge is 0.416 e. The first-order valence-electron chi connectivity index (χ1n) is 9.29. The van der Waals surface area contributed by atoms with Crippen LogP contribution in [0.15, 0.2) is 76.1 Å². The number of rotatable bonds is 5. The zero-order chi connectivity index (χ0) is 24.0. The summed E-state index contributed by atoms with van der Waals surface area (Å²) in [5.41, 5.74) is -0.828. The van der Waals surface area contributed by atoms with Crippen molar-refractivity contribution in [2.24, 2.45) is 0 Å². The van der Waals surface area contributed by atoms with E-state index >= 15 is 0 Å². The van der Waals surface area contributed by atoms with Crippen LogP contribution in [0, 0.1) is 11.6 Å². The predicted molar refractivity (Wildman–Crippen MR) is 121 cm³/mol. The molecule has 0 aliphatic heterocycles. The summed E-state index contributed by atoms with van der Waals surface area (Å²) < 4.78 is 95.3. The van der Waals surface area contributed by atoms with Crippen molar-refractivity contribution in [1.29, 1.82) is 0 Å². The Morgan fingerprint density at radius 2 is 1.58 bits per heavy atom. The van der Waals surface area contributed by atoms with Crippen LogP contribution in [-0.4, -0.2) is 8.42 Å². The molecule has 0 amide bonds. The van der Waals surface area contributed by atoms with Gasteiger partial charge in [-0.15, -0.1) is 11.3 Å². The van der Waals surface area contributed by atoms with Crippen LogP contribution in [0.1, 0.15) is 11.1 Å². The van der Waals surface area contributed by atoms with Gasteiger partial charge in [-0.2, -0.15) is 13.2 Å². The van der Waals surface area contributed by atoms with Crippen LogP contribution in [-0.2, 0) is 22.7 Å². The van der Waals surface area contributed by atoms with Gasteiger partial charge in [0.15, 0.2) is 11.6 Å². The van der Waals surface area contributed by atoms with E-state index < -0.39 is 33.4 Å². The van der Waals surface area contributed by atoms with Crippen molar-refractivity contribution < 1.29 is 30.4 Å². The molecule has 0 bridgehead atoms. The highest BCUT2D eigenvalue weighted by Crippen LogP contribution is 2.44. The maximum atomic E-state index is 13.8. The van der Waals surface area contributed by atoms with E-state index in [0.29, 0.717) is 16.6 Å². The molecule has 3 aromatic carbocycles. The molecule has 33 heavy (non-hydrogen) atoms. The normalized spacial score (nSPS) is 12.3. The minimum absolute atomic E-state index is 0.161. The molecule has 4 rings (SSSR count). The van der Waals surface area contributed by atoms with Gasteiger partial charge < -0.3 is 0 Å². The Morgan fingerprint density at radius 3 is 2.18 bits per heavy atom. The van der Waals surface area contributed by atoms with Crippen molar-refractivity contribution in [2.75, 3.05) is 4.31 Å². The van der Waals surface area contributed by atoms with Crippen LogP contribution in [0.5, 0.6) is 0 Å². The molecule has 1 aromatic heterocycles. The van der Waals surface area contributed by atoms with Crippen molar-refractivity contribution in [2.45, 2.75) is 17.6 Å². The number of anilines is 1. The van der Waals surface area contributed by atoms with Gasteiger partial charge in [0.05, 0.1) is 21.5 Å². The van der Waals surface area contributed by atoms with Crippen LogP contribution < -0.4 is 4.31 Å². The zero-order valence-corrected chi connectivity index (χ0v) is 19.6. The lowest BCUT2D eigenvalue weighted by atomic mass is 10.2. The van der Waals surface area contributed by atoms with Crippen molar-refractivity contribution in [3.05, 3.63) is 94.0 Å². The van der Waals surface area contributed by atoms with Crippen molar-refractivity contribution in [3.63, 3.8) is 0 Å². The highest BCUT2D eigenvalue weighted by atomic mass is 79.9. The van der Waals surface area contributed by atoms with Gasteiger partial charge in [0.2, 0.25) is 0 Å². The summed E-state index contributed by atoms with van der Waals surface area (Å²) in [5.74, 6) is -2.23. The molecule has 0 radical (unpaired) electrons. The van der Waals surface area contributed by atoms with Gasteiger partial charge in [-0.25, -0.2) is 17.2 Å². The predicted octanol–water partition coefficient (Wildman–Crippen LogP) is 7.36. The lowest BCUT2D eigenvalue weighted by Gasteiger charge is -2.24. The van der Waals surface area contributed by atoms with E-state index in [2.05, 4.69) is 15.9 Å². The van der Waals surface area contributed by atoms with Crippen LogP contribution >= 0.6 is 27.3 Å². The molecule has 4 aromatic rings. The van der Waals surface area contributed by atoms with Crippen molar-refractivity contribution >= 4 is 52.4 Å². The molecule has 3 nitrogen and oxygen atoms in total. The number of nitrogens with zero attached hydrogens (tertiary/aromatic N) is 1. The van der Waals surface area contributed by atoms with Gasteiger partial charge in [0.25, 0.3) is 10.0 Å². The molecule has 11 heteroatoms. The zero-order valence-electron chi connectivity index (χ0n) is 16.4. The second-order valence-electron chi connectivity index (χ2n) is 7.00. The third kappa shape index (κ3) is 4.62. The van der Waals surface area contributed by atoms with Crippen LogP contribution in [0.2, 0.25) is 0 Å². The van der Waals surface area contributed by atoms with Gasteiger partial charge >= 0.3 is 6.18 Å². The van der Waals surface area contributed by atoms with Crippen molar-refractivity contribution in [3.8, 4) is 0 Å². The minimum atomic E-state index is -4.62. The second kappa shape index (κ2) is 8.69. The third-order valence-corrected chi connectivity index (χ3v) is 8.96. The number of benzene rings is 3. The SMILES string of the molecule is O=S(=O)(c1ccc(C(F)(F)F)cc1)N(Cc1ccc(F)c(F)c1)c1sc2ccccc2c1Br. The van der Waals surface area contributed by atoms with Crippen LogP contribution in [0.3, 0.4) is 0 Å². The Balaban J connectivity index is 1.85. The van der Waals surface area contributed by atoms with Crippen LogP contribution in [0.4, 0.5) is 27.0 Å².